The molecule has 1 aromatic heterocycles. The molecule has 0 amide bonds. The minimum atomic E-state index is 0.717. The van der Waals surface area contributed by atoms with Crippen molar-refractivity contribution in [2.24, 2.45) is 0 Å². The highest BCUT2D eigenvalue weighted by Gasteiger charge is 2.03. The van der Waals surface area contributed by atoms with Crippen LogP contribution in [0.25, 0.3) is 11.0 Å². The number of rotatable bonds is 3. The number of halogens is 1. The van der Waals surface area contributed by atoms with Crippen LogP contribution in [0.1, 0.15) is 5.56 Å². The molecule has 14 heavy (non-hydrogen) atoms. The third-order valence-corrected chi connectivity index (χ3v) is 2.49. The summed E-state index contributed by atoms with van der Waals surface area (Å²) in [6.45, 7) is 0.954. The fourth-order valence-electron chi connectivity index (χ4n) is 1.48. The molecule has 0 aliphatic heterocycles. The molecule has 3 nitrogen and oxygen atoms in total. The van der Waals surface area contributed by atoms with Crippen molar-refractivity contribution in [3.63, 3.8) is 0 Å². The highest BCUT2D eigenvalue weighted by molar-refractivity contribution is 6.35. The summed E-state index contributed by atoms with van der Waals surface area (Å²) in [5, 5.41) is 3.83. The van der Waals surface area contributed by atoms with Gasteiger partial charge in [0.15, 0.2) is 0 Å². The van der Waals surface area contributed by atoms with Crippen molar-refractivity contribution < 1.29 is 0 Å². The minimum Gasteiger partial charge on any atom is -0.345 e. The maximum Gasteiger partial charge on any atom is 0.107 e. The number of nitrogens with zero attached hydrogens (tertiary/aromatic N) is 1. The van der Waals surface area contributed by atoms with Gasteiger partial charge in [-0.2, -0.15) is 0 Å². The number of aromatic amines is 1. The zero-order valence-electron chi connectivity index (χ0n) is 7.97. The van der Waals surface area contributed by atoms with Crippen LogP contribution >= 0.6 is 11.6 Å². The van der Waals surface area contributed by atoms with Gasteiger partial charge in [-0.1, -0.05) is 11.6 Å². The van der Waals surface area contributed by atoms with Gasteiger partial charge in [-0.3, -0.25) is 0 Å². The van der Waals surface area contributed by atoms with Crippen LogP contribution < -0.4 is 5.32 Å². The van der Waals surface area contributed by atoms with Crippen molar-refractivity contribution >= 4 is 22.6 Å². The van der Waals surface area contributed by atoms with Crippen LogP contribution in [-0.4, -0.2) is 23.6 Å². The SMILES string of the molecule is CNCCc1cc(Cl)c2nc[nH]c2c1. The summed E-state index contributed by atoms with van der Waals surface area (Å²) in [4.78, 5) is 7.20. The maximum absolute atomic E-state index is 6.08. The van der Waals surface area contributed by atoms with Gasteiger partial charge in [-0.05, 0) is 37.7 Å². The summed E-state index contributed by atoms with van der Waals surface area (Å²) in [5.74, 6) is 0. The molecule has 0 atom stereocenters. The molecular formula is C10H12ClN3. The summed E-state index contributed by atoms with van der Waals surface area (Å²) >= 11 is 6.08. The molecule has 2 N–H and O–H groups in total. The molecule has 2 aromatic rings. The number of hydrogen-bond donors (Lipinski definition) is 2. The van der Waals surface area contributed by atoms with E-state index in [1.165, 1.54) is 5.56 Å². The molecule has 0 spiro atoms. The van der Waals surface area contributed by atoms with Crippen molar-refractivity contribution in [2.75, 3.05) is 13.6 Å². The van der Waals surface area contributed by atoms with E-state index in [0.717, 1.165) is 29.0 Å². The largest absolute Gasteiger partial charge is 0.345 e. The van der Waals surface area contributed by atoms with Gasteiger partial charge in [0.2, 0.25) is 0 Å². The van der Waals surface area contributed by atoms with E-state index in [2.05, 4.69) is 21.4 Å². The average Bonchev–Trinajstić information content (AvgIpc) is 2.63. The molecule has 2 rings (SSSR count). The Morgan fingerprint density at radius 3 is 3.14 bits per heavy atom. The molecule has 0 fully saturated rings. The molecule has 0 bridgehead atoms. The summed E-state index contributed by atoms with van der Waals surface area (Å²) in [6.07, 6.45) is 2.64. The first-order chi connectivity index (χ1) is 6.81. The Bertz CT molecular complexity index is 436. The lowest BCUT2D eigenvalue weighted by atomic mass is 10.1. The van der Waals surface area contributed by atoms with E-state index in [0.29, 0.717) is 0 Å². The Hall–Kier alpha value is -1.06. The Kier molecular flexibility index (Phi) is 2.70. The lowest BCUT2D eigenvalue weighted by Crippen LogP contribution is -2.10. The van der Waals surface area contributed by atoms with Gasteiger partial charge in [0.25, 0.3) is 0 Å². The quantitative estimate of drug-likeness (QED) is 0.812. The monoisotopic (exact) mass is 209 g/mol. The first kappa shape index (κ1) is 9.49. The maximum atomic E-state index is 6.08. The highest BCUT2D eigenvalue weighted by atomic mass is 35.5. The Morgan fingerprint density at radius 2 is 2.36 bits per heavy atom. The number of aromatic nitrogens is 2. The van der Waals surface area contributed by atoms with Crippen molar-refractivity contribution in [3.8, 4) is 0 Å². The smallest absolute Gasteiger partial charge is 0.107 e. The van der Waals surface area contributed by atoms with E-state index in [1.807, 2.05) is 13.1 Å². The molecular weight excluding hydrogens is 198 g/mol. The van der Waals surface area contributed by atoms with Crippen LogP contribution in [-0.2, 0) is 6.42 Å². The summed E-state index contributed by atoms with van der Waals surface area (Å²) < 4.78 is 0. The van der Waals surface area contributed by atoms with Crippen LogP contribution in [0, 0.1) is 0 Å². The molecule has 1 heterocycles. The van der Waals surface area contributed by atoms with Gasteiger partial charge in [-0.25, -0.2) is 4.98 Å². The number of likely N-dealkylation sites (N-methyl/N-ethyl adjacent to an activating group) is 1. The van der Waals surface area contributed by atoms with Gasteiger partial charge in [-0.15, -0.1) is 0 Å². The molecule has 0 aliphatic rings. The van der Waals surface area contributed by atoms with Gasteiger partial charge in [0, 0.05) is 0 Å². The van der Waals surface area contributed by atoms with Crippen LogP contribution in [0.2, 0.25) is 5.02 Å². The van der Waals surface area contributed by atoms with Crippen LogP contribution in [0.5, 0.6) is 0 Å². The topological polar surface area (TPSA) is 40.7 Å². The lowest BCUT2D eigenvalue weighted by molar-refractivity contribution is 0.792. The second-order valence-electron chi connectivity index (χ2n) is 3.23. The summed E-state index contributed by atoms with van der Waals surface area (Å²) in [5.41, 5.74) is 3.07. The van der Waals surface area contributed by atoms with Gasteiger partial charge >= 0.3 is 0 Å². The number of hydrogen-bond acceptors (Lipinski definition) is 2. The third-order valence-electron chi connectivity index (χ3n) is 2.20. The molecule has 74 valence electrons. The van der Waals surface area contributed by atoms with Crippen LogP contribution in [0.15, 0.2) is 18.5 Å². The number of nitrogens with one attached hydrogen (secondary N) is 2. The first-order valence-corrected chi connectivity index (χ1v) is 4.95. The molecule has 4 heteroatoms. The predicted molar refractivity (Wildman–Crippen MR) is 58.7 cm³/mol. The summed E-state index contributed by atoms with van der Waals surface area (Å²) in [7, 11) is 1.94. The van der Waals surface area contributed by atoms with Gasteiger partial charge in [0.05, 0.1) is 16.9 Å². The van der Waals surface area contributed by atoms with E-state index < -0.39 is 0 Å². The van der Waals surface area contributed by atoms with Gasteiger partial charge < -0.3 is 10.3 Å². The normalized spacial score (nSPS) is 11.0. The fraction of sp³-hybridized carbons (Fsp3) is 0.300. The van der Waals surface area contributed by atoms with E-state index in [9.17, 15) is 0 Å². The number of fused-ring (bicyclic) bond motifs is 1. The van der Waals surface area contributed by atoms with E-state index in [1.54, 1.807) is 6.33 Å². The molecule has 0 saturated heterocycles. The van der Waals surface area contributed by atoms with E-state index in [4.69, 9.17) is 11.6 Å². The summed E-state index contributed by atoms with van der Waals surface area (Å²) in [6, 6.07) is 4.06. The van der Waals surface area contributed by atoms with Crippen LogP contribution in [0.3, 0.4) is 0 Å². The van der Waals surface area contributed by atoms with E-state index >= 15 is 0 Å². The third kappa shape index (κ3) is 1.74. The van der Waals surface area contributed by atoms with Crippen molar-refractivity contribution in [1.82, 2.24) is 15.3 Å². The fourth-order valence-corrected chi connectivity index (χ4v) is 1.77. The van der Waals surface area contributed by atoms with Crippen LogP contribution in [0.4, 0.5) is 0 Å². The Labute approximate surface area is 87.5 Å². The van der Waals surface area contributed by atoms with Crippen molar-refractivity contribution in [3.05, 3.63) is 29.0 Å². The second-order valence-corrected chi connectivity index (χ2v) is 3.64. The number of benzene rings is 1. The lowest BCUT2D eigenvalue weighted by Gasteiger charge is -2.01. The van der Waals surface area contributed by atoms with Crippen molar-refractivity contribution in [2.45, 2.75) is 6.42 Å². The molecule has 0 radical (unpaired) electrons. The Balaban J connectivity index is 2.38. The van der Waals surface area contributed by atoms with Gasteiger partial charge in [0.1, 0.15) is 5.52 Å². The highest BCUT2D eigenvalue weighted by Crippen LogP contribution is 2.22. The minimum absolute atomic E-state index is 0.717. The predicted octanol–water partition coefficient (Wildman–Crippen LogP) is 1.98. The first-order valence-electron chi connectivity index (χ1n) is 4.57. The average molecular weight is 210 g/mol. The molecule has 1 aromatic carbocycles. The zero-order valence-corrected chi connectivity index (χ0v) is 8.73. The molecule has 0 unspecified atom stereocenters. The molecule has 0 aliphatic carbocycles. The van der Waals surface area contributed by atoms with E-state index in [-0.39, 0.29) is 0 Å². The second kappa shape index (κ2) is 3.98. The van der Waals surface area contributed by atoms with Crippen molar-refractivity contribution in [1.29, 1.82) is 0 Å². The number of imidazole rings is 1. The Morgan fingerprint density at radius 1 is 1.50 bits per heavy atom. The number of H-pyrrole nitrogens is 1. The standard InChI is InChI=1S/C10H12ClN3/c1-12-3-2-7-4-8(11)10-9(5-7)13-6-14-10/h4-6,12H,2-3H2,1H3,(H,13,14). The molecule has 0 saturated carbocycles. The zero-order chi connectivity index (χ0) is 9.97.